The Labute approximate surface area is 95.2 Å². The Hall–Kier alpha value is -1.36. The van der Waals surface area contributed by atoms with Gasteiger partial charge in [0.15, 0.2) is 0 Å². The van der Waals surface area contributed by atoms with Gasteiger partial charge in [0.2, 0.25) is 5.91 Å². The molecule has 0 spiro atoms. The smallest absolute Gasteiger partial charge is 0.224 e. The molecule has 16 heavy (non-hydrogen) atoms. The van der Waals surface area contributed by atoms with E-state index < -0.39 is 0 Å². The molecule has 5 nitrogen and oxygen atoms in total. The average Bonchev–Trinajstić information content (AvgIpc) is 2.90. The maximum atomic E-state index is 11.7. The molecule has 0 saturated carbocycles. The number of carbonyl (C=O) groups excluding carboxylic acids is 1. The summed E-state index contributed by atoms with van der Waals surface area (Å²) in [7, 11) is 0. The second-order valence-corrected chi connectivity index (χ2v) is 4.15. The molecule has 2 N–H and O–H groups in total. The van der Waals surface area contributed by atoms with Crippen LogP contribution >= 0.6 is 0 Å². The third-order valence-corrected chi connectivity index (χ3v) is 3.01. The molecule has 1 atom stereocenters. The summed E-state index contributed by atoms with van der Waals surface area (Å²) in [6.07, 6.45) is 4.66. The molecule has 2 rings (SSSR count). The molecular weight excluding hydrogens is 204 g/mol. The lowest BCUT2D eigenvalue weighted by Crippen LogP contribution is -2.34. The topological polar surface area (TPSA) is 59.0 Å². The van der Waals surface area contributed by atoms with Gasteiger partial charge in [-0.15, -0.1) is 0 Å². The molecule has 1 aromatic rings. The van der Waals surface area contributed by atoms with E-state index in [1.165, 1.54) is 0 Å². The number of rotatable bonds is 4. The van der Waals surface area contributed by atoms with Gasteiger partial charge in [0.1, 0.15) is 5.82 Å². The maximum absolute atomic E-state index is 11.7. The van der Waals surface area contributed by atoms with Crippen LogP contribution in [0, 0.1) is 12.8 Å². The molecule has 0 bridgehead atoms. The number of amides is 1. The Bertz CT molecular complexity index is 355. The van der Waals surface area contributed by atoms with Crippen molar-refractivity contribution in [2.24, 2.45) is 5.92 Å². The number of hydrogen-bond donors (Lipinski definition) is 2. The number of carbonyl (C=O) groups is 1. The molecule has 0 radical (unpaired) electrons. The summed E-state index contributed by atoms with van der Waals surface area (Å²) in [5.41, 5.74) is 0. The third-order valence-electron chi connectivity index (χ3n) is 3.01. The largest absolute Gasteiger partial charge is 0.354 e. The summed E-state index contributed by atoms with van der Waals surface area (Å²) in [5, 5.41) is 6.15. The number of nitrogens with zero attached hydrogens (tertiary/aromatic N) is 2. The van der Waals surface area contributed by atoms with Crippen molar-refractivity contribution in [3.05, 3.63) is 18.2 Å². The van der Waals surface area contributed by atoms with E-state index in [1.54, 1.807) is 6.20 Å². The van der Waals surface area contributed by atoms with Crippen LogP contribution in [0.1, 0.15) is 12.2 Å². The highest BCUT2D eigenvalue weighted by molar-refractivity contribution is 5.79. The fraction of sp³-hybridized carbons (Fsp3) is 0.636. The second kappa shape index (κ2) is 5.12. The number of imidazole rings is 1. The molecule has 0 aliphatic carbocycles. The molecule has 1 saturated heterocycles. The number of aromatic nitrogens is 2. The van der Waals surface area contributed by atoms with Crippen molar-refractivity contribution < 1.29 is 4.79 Å². The van der Waals surface area contributed by atoms with Gasteiger partial charge in [0.05, 0.1) is 5.92 Å². The van der Waals surface area contributed by atoms with E-state index in [4.69, 9.17) is 0 Å². The highest BCUT2D eigenvalue weighted by Gasteiger charge is 2.21. The van der Waals surface area contributed by atoms with Crippen LogP contribution in [0.5, 0.6) is 0 Å². The van der Waals surface area contributed by atoms with Gasteiger partial charge < -0.3 is 15.2 Å². The quantitative estimate of drug-likeness (QED) is 0.749. The van der Waals surface area contributed by atoms with Crippen molar-refractivity contribution in [1.82, 2.24) is 20.2 Å². The monoisotopic (exact) mass is 222 g/mol. The van der Waals surface area contributed by atoms with E-state index >= 15 is 0 Å². The lowest BCUT2D eigenvalue weighted by molar-refractivity contribution is -0.124. The van der Waals surface area contributed by atoms with Crippen molar-refractivity contribution in [3.63, 3.8) is 0 Å². The van der Waals surface area contributed by atoms with E-state index in [1.807, 2.05) is 17.7 Å². The van der Waals surface area contributed by atoms with Gasteiger partial charge in [0, 0.05) is 32.0 Å². The first-order valence-electron chi connectivity index (χ1n) is 5.73. The van der Waals surface area contributed by atoms with E-state index in [9.17, 15) is 4.79 Å². The Balaban J connectivity index is 1.71. The fourth-order valence-electron chi connectivity index (χ4n) is 1.96. The fourth-order valence-corrected chi connectivity index (χ4v) is 1.96. The van der Waals surface area contributed by atoms with Crippen molar-refractivity contribution in [2.45, 2.75) is 19.9 Å². The van der Waals surface area contributed by atoms with E-state index in [0.717, 1.165) is 31.9 Å². The van der Waals surface area contributed by atoms with Gasteiger partial charge in [-0.2, -0.15) is 0 Å². The summed E-state index contributed by atoms with van der Waals surface area (Å²) in [5.74, 6) is 1.31. The average molecular weight is 222 g/mol. The first kappa shape index (κ1) is 11.1. The molecule has 1 aliphatic heterocycles. The van der Waals surface area contributed by atoms with Crippen molar-refractivity contribution in [2.75, 3.05) is 19.6 Å². The number of nitrogens with one attached hydrogen (secondary N) is 2. The van der Waals surface area contributed by atoms with E-state index in [2.05, 4.69) is 15.6 Å². The van der Waals surface area contributed by atoms with Crippen LogP contribution in [0.3, 0.4) is 0 Å². The minimum Gasteiger partial charge on any atom is -0.354 e. The SMILES string of the molecule is Cc1nccn1CCNC(=O)[C@@H]1CCNC1. The van der Waals surface area contributed by atoms with E-state index in [-0.39, 0.29) is 11.8 Å². The summed E-state index contributed by atoms with van der Waals surface area (Å²) in [4.78, 5) is 15.8. The molecule has 2 heterocycles. The highest BCUT2D eigenvalue weighted by atomic mass is 16.1. The summed E-state index contributed by atoms with van der Waals surface area (Å²) < 4.78 is 2.03. The standard InChI is InChI=1S/C11H18N4O/c1-9-13-4-6-15(9)7-5-14-11(16)10-2-3-12-8-10/h4,6,10,12H,2-3,5,7-8H2,1H3,(H,14,16)/t10-/m1/s1. The normalized spacial score (nSPS) is 19.9. The van der Waals surface area contributed by atoms with Crippen LogP contribution in [0.15, 0.2) is 12.4 Å². The van der Waals surface area contributed by atoms with Crippen LogP contribution in [-0.4, -0.2) is 35.1 Å². The highest BCUT2D eigenvalue weighted by Crippen LogP contribution is 2.06. The summed E-state index contributed by atoms with van der Waals surface area (Å²) in [6.45, 7) is 5.20. The third kappa shape index (κ3) is 2.61. The van der Waals surface area contributed by atoms with Crippen LogP contribution in [0.25, 0.3) is 0 Å². The van der Waals surface area contributed by atoms with Gasteiger partial charge in [-0.1, -0.05) is 0 Å². The minimum absolute atomic E-state index is 0.156. The van der Waals surface area contributed by atoms with Gasteiger partial charge in [-0.05, 0) is 19.9 Å². The molecule has 5 heteroatoms. The van der Waals surface area contributed by atoms with Crippen LogP contribution < -0.4 is 10.6 Å². The lowest BCUT2D eigenvalue weighted by atomic mass is 10.1. The van der Waals surface area contributed by atoms with Crippen molar-refractivity contribution in [1.29, 1.82) is 0 Å². The zero-order valence-electron chi connectivity index (χ0n) is 9.57. The molecule has 1 fully saturated rings. The zero-order valence-corrected chi connectivity index (χ0v) is 9.57. The van der Waals surface area contributed by atoms with Gasteiger partial charge in [-0.25, -0.2) is 4.98 Å². The Morgan fingerprint density at radius 3 is 3.25 bits per heavy atom. The molecule has 0 aromatic carbocycles. The van der Waals surface area contributed by atoms with Gasteiger partial charge >= 0.3 is 0 Å². The molecule has 1 amide bonds. The maximum Gasteiger partial charge on any atom is 0.224 e. The number of hydrogen-bond acceptors (Lipinski definition) is 3. The molecular formula is C11H18N4O. The molecule has 88 valence electrons. The number of aryl methyl sites for hydroxylation is 1. The summed E-state index contributed by atoms with van der Waals surface area (Å²) >= 11 is 0. The van der Waals surface area contributed by atoms with Crippen LogP contribution in [0.4, 0.5) is 0 Å². The Kier molecular flexibility index (Phi) is 3.56. The molecule has 0 unspecified atom stereocenters. The van der Waals surface area contributed by atoms with E-state index in [0.29, 0.717) is 6.54 Å². The zero-order chi connectivity index (χ0) is 11.4. The predicted octanol–water partition coefficient (Wildman–Crippen LogP) is -0.0828. The second-order valence-electron chi connectivity index (χ2n) is 4.15. The lowest BCUT2D eigenvalue weighted by Gasteiger charge is -2.10. The summed E-state index contributed by atoms with van der Waals surface area (Å²) in [6, 6.07) is 0. The Morgan fingerprint density at radius 2 is 2.62 bits per heavy atom. The molecule has 1 aromatic heterocycles. The van der Waals surface area contributed by atoms with Crippen LogP contribution in [0.2, 0.25) is 0 Å². The van der Waals surface area contributed by atoms with Crippen molar-refractivity contribution >= 4 is 5.91 Å². The first-order chi connectivity index (χ1) is 7.77. The predicted molar refractivity (Wildman–Crippen MR) is 61.0 cm³/mol. The first-order valence-corrected chi connectivity index (χ1v) is 5.73. The van der Waals surface area contributed by atoms with Crippen molar-refractivity contribution in [3.8, 4) is 0 Å². The van der Waals surface area contributed by atoms with Gasteiger partial charge in [0.25, 0.3) is 0 Å². The minimum atomic E-state index is 0.156. The molecule has 1 aliphatic rings. The Morgan fingerprint density at radius 1 is 1.75 bits per heavy atom. The van der Waals surface area contributed by atoms with Gasteiger partial charge in [-0.3, -0.25) is 4.79 Å². The van der Waals surface area contributed by atoms with Crippen LogP contribution in [-0.2, 0) is 11.3 Å².